The van der Waals surface area contributed by atoms with Crippen molar-refractivity contribution < 1.29 is 9.53 Å². The Morgan fingerprint density at radius 2 is 1.83 bits per heavy atom. The third-order valence-electron chi connectivity index (χ3n) is 3.30. The molecule has 5 nitrogen and oxygen atoms in total. The summed E-state index contributed by atoms with van der Waals surface area (Å²) in [6.45, 7) is 3.52. The number of carbonyl (C=O) groups is 1. The molecule has 0 atom stereocenters. The van der Waals surface area contributed by atoms with E-state index < -0.39 is 6.03 Å². The van der Waals surface area contributed by atoms with Gasteiger partial charge in [0.25, 0.3) is 0 Å². The summed E-state index contributed by atoms with van der Waals surface area (Å²) in [6.07, 6.45) is 0. The lowest BCUT2D eigenvalue weighted by atomic mass is 10.1. The number of hydrogen-bond acceptors (Lipinski definition) is 3. The van der Waals surface area contributed by atoms with Crippen molar-refractivity contribution in [2.75, 3.05) is 12.4 Å². The summed E-state index contributed by atoms with van der Waals surface area (Å²) < 4.78 is 5.36. The molecule has 124 valence electrons. The minimum Gasteiger partial charge on any atom is -0.496 e. The van der Waals surface area contributed by atoms with E-state index in [1.165, 1.54) is 5.56 Å². The number of rotatable bonds is 6. The molecule has 23 heavy (non-hydrogen) atoms. The number of nitrogens with one attached hydrogen (secondary N) is 2. The number of carbonyl (C=O) groups excluding carboxylic acids is 1. The average molecular weight is 336 g/mol. The molecule has 2 aromatic rings. The van der Waals surface area contributed by atoms with Gasteiger partial charge in [-0.2, -0.15) is 0 Å². The van der Waals surface area contributed by atoms with E-state index in [9.17, 15) is 4.79 Å². The molecule has 2 amide bonds. The van der Waals surface area contributed by atoms with Crippen LogP contribution >= 0.6 is 12.4 Å². The molecule has 0 saturated heterocycles. The highest BCUT2D eigenvalue weighted by Crippen LogP contribution is 2.19. The average Bonchev–Trinajstić information content (AvgIpc) is 2.49. The molecular weight excluding hydrogens is 314 g/mol. The smallest absolute Gasteiger partial charge is 0.316 e. The maximum Gasteiger partial charge on any atom is 0.316 e. The van der Waals surface area contributed by atoms with Crippen molar-refractivity contribution in [3.8, 4) is 5.75 Å². The lowest BCUT2D eigenvalue weighted by Crippen LogP contribution is -2.19. The SMILES string of the molecule is COc1ccc(C)cc1CNCc1ccc(NC(N)=O)cc1.Cl. The van der Waals surface area contributed by atoms with Gasteiger partial charge in [-0.15, -0.1) is 12.4 Å². The molecule has 0 saturated carbocycles. The minimum absolute atomic E-state index is 0. The standard InChI is InChI=1S/C17H21N3O2.ClH/c1-12-3-8-16(22-2)14(9-12)11-19-10-13-4-6-15(7-5-13)20-17(18)21;/h3-9,19H,10-11H2,1-2H3,(H3,18,20,21);1H. The normalized spacial score (nSPS) is 9.83. The molecule has 0 aliphatic rings. The topological polar surface area (TPSA) is 76.4 Å². The highest BCUT2D eigenvalue weighted by atomic mass is 35.5. The quantitative estimate of drug-likeness (QED) is 0.758. The van der Waals surface area contributed by atoms with Crippen LogP contribution in [0.1, 0.15) is 16.7 Å². The fraction of sp³-hybridized carbons (Fsp3) is 0.235. The van der Waals surface area contributed by atoms with Crippen molar-refractivity contribution in [2.24, 2.45) is 5.73 Å². The van der Waals surface area contributed by atoms with Crippen molar-refractivity contribution in [1.82, 2.24) is 5.32 Å². The molecule has 0 unspecified atom stereocenters. The molecule has 0 aliphatic heterocycles. The number of benzene rings is 2. The van der Waals surface area contributed by atoms with Crippen molar-refractivity contribution in [3.63, 3.8) is 0 Å². The van der Waals surface area contributed by atoms with Crippen molar-refractivity contribution in [1.29, 1.82) is 0 Å². The van der Waals surface area contributed by atoms with Crippen LogP contribution in [0.2, 0.25) is 0 Å². The largest absolute Gasteiger partial charge is 0.496 e. The van der Waals surface area contributed by atoms with Gasteiger partial charge < -0.3 is 21.1 Å². The Morgan fingerprint density at radius 3 is 2.43 bits per heavy atom. The van der Waals surface area contributed by atoms with Gasteiger partial charge in [0.15, 0.2) is 0 Å². The number of nitrogens with two attached hydrogens (primary N) is 1. The summed E-state index contributed by atoms with van der Waals surface area (Å²) >= 11 is 0. The van der Waals surface area contributed by atoms with Gasteiger partial charge in [-0.3, -0.25) is 0 Å². The zero-order valence-corrected chi connectivity index (χ0v) is 14.1. The predicted octanol–water partition coefficient (Wildman–Crippen LogP) is 3.21. The second-order valence-corrected chi connectivity index (χ2v) is 5.11. The second kappa shape index (κ2) is 9.02. The van der Waals surface area contributed by atoms with E-state index in [2.05, 4.69) is 23.6 Å². The number of methoxy groups -OCH3 is 1. The molecule has 0 heterocycles. The van der Waals surface area contributed by atoms with E-state index in [0.29, 0.717) is 5.69 Å². The van der Waals surface area contributed by atoms with Crippen LogP contribution in [0.4, 0.5) is 10.5 Å². The van der Waals surface area contributed by atoms with Gasteiger partial charge >= 0.3 is 6.03 Å². The fourth-order valence-electron chi connectivity index (χ4n) is 2.24. The minimum atomic E-state index is -0.558. The molecule has 0 spiro atoms. The number of anilines is 1. The molecule has 0 aliphatic carbocycles. The number of halogens is 1. The summed E-state index contributed by atoms with van der Waals surface area (Å²) in [5.41, 5.74) is 9.23. The van der Waals surface area contributed by atoms with Crippen LogP contribution in [0.5, 0.6) is 5.75 Å². The van der Waals surface area contributed by atoms with E-state index in [0.717, 1.165) is 30.0 Å². The Balaban J connectivity index is 0.00000264. The third kappa shape index (κ3) is 5.81. The first-order valence-corrected chi connectivity index (χ1v) is 7.08. The first kappa shape index (κ1) is 18.8. The van der Waals surface area contributed by atoms with E-state index in [1.807, 2.05) is 36.4 Å². The Kier molecular flexibility index (Phi) is 7.38. The summed E-state index contributed by atoms with van der Waals surface area (Å²) in [5.74, 6) is 0.888. The Morgan fingerprint density at radius 1 is 1.13 bits per heavy atom. The molecule has 2 rings (SSSR count). The van der Waals surface area contributed by atoms with E-state index in [1.54, 1.807) is 7.11 Å². The molecule has 0 radical (unpaired) electrons. The molecule has 0 bridgehead atoms. The molecular formula is C17H22ClN3O2. The molecule has 4 N–H and O–H groups in total. The first-order valence-electron chi connectivity index (χ1n) is 7.08. The van der Waals surface area contributed by atoms with E-state index in [-0.39, 0.29) is 12.4 Å². The lowest BCUT2D eigenvalue weighted by Gasteiger charge is -2.11. The number of hydrogen-bond donors (Lipinski definition) is 3. The summed E-state index contributed by atoms with van der Waals surface area (Å²) in [4.78, 5) is 10.8. The molecule has 0 aromatic heterocycles. The van der Waals surface area contributed by atoms with Crippen LogP contribution in [-0.4, -0.2) is 13.1 Å². The van der Waals surface area contributed by atoms with Gasteiger partial charge in [0, 0.05) is 24.3 Å². The van der Waals surface area contributed by atoms with Crippen LogP contribution in [0.25, 0.3) is 0 Å². The van der Waals surface area contributed by atoms with Crippen molar-refractivity contribution >= 4 is 24.1 Å². The number of primary amides is 1. The monoisotopic (exact) mass is 335 g/mol. The predicted molar refractivity (Wildman–Crippen MR) is 95.2 cm³/mol. The van der Waals surface area contributed by atoms with Gasteiger partial charge in [-0.1, -0.05) is 29.8 Å². The Bertz CT molecular complexity index is 645. The maximum absolute atomic E-state index is 10.8. The molecule has 6 heteroatoms. The summed E-state index contributed by atoms with van der Waals surface area (Å²) in [5, 5.41) is 5.93. The van der Waals surface area contributed by atoms with Crippen LogP contribution < -0.4 is 21.1 Å². The van der Waals surface area contributed by atoms with Crippen molar-refractivity contribution in [2.45, 2.75) is 20.0 Å². The third-order valence-corrected chi connectivity index (χ3v) is 3.30. The second-order valence-electron chi connectivity index (χ2n) is 5.11. The summed E-state index contributed by atoms with van der Waals surface area (Å²) in [7, 11) is 1.68. The highest BCUT2D eigenvalue weighted by Gasteiger charge is 2.03. The number of aryl methyl sites for hydroxylation is 1. The van der Waals surface area contributed by atoms with Gasteiger partial charge in [0.2, 0.25) is 0 Å². The maximum atomic E-state index is 10.8. The zero-order valence-electron chi connectivity index (χ0n) is 13.3. The van der Waals surface area contributed by atoms with Crippen LogP contribution in [0.3, 0.4) is 0 Å². The number of ether oxygens (including phenoxy) is 1. The van der Waals surface area contributed by atoms with Crippen LogP contribution in [0, 0.1) is 6.92 Å². The number of urea groups is 1. The first-order chi connectivity index (χ1) is 10.6. The van der Waals surface area contributed by atoms with Gasteiger partial charge in [0.1, 0.15) is 5.75 Å². The molecule has 2 aromatic carbocycles. The molecule has 0 fully saturated rings. The fourth-order valence-corrected chi connectivity index (χ4v) is 2.24. The van der Waals surface area contributed by atoms with Crippen molar-refractivity contribution in [3.05, 3.63) is 59.2 Å². The number of amides is 2. The lowest BCUT2D eigenvalue weighted by molar-refractivity contribution is 0.259. The Labute approximate surface area is 142 Å². The van der Waals surface area contributed by atoms with E-state index in [4.69, 9.17) is 10.5 Å². The summed E-state index contributed by atoms with van der Waals surface area (Å²) in [6, 6.07) is 13.1. The van der Waals surface area contributed by atoms with E-state index >= 15 is 0 Å². The van der Waals surface area contributed by atoms with Gasteiger partial charge in [-0.25, -0.2) is 4.79 Å². The van der Waals surface area contributed by atoms with Crippen LogP contribution in [0.15, 0.2) is 42.5 Å². The zero-order chi connectivity index (χ0) is 15.9. The van der Waals surface area contributed by atoms with Crippen LogP contribution in [-0.2, 0) is 13.1 Å². The van der Waals surface area contributed by atoms with Gasteiger partial charge in [-0.05, 0) is 30.7 Å². The highest BCUT2D eigenvalue weighted by molar-refractivity contribution is 5.87. The Hall–Kier alpha value is -2.24. The van der Waals surface area contributed by atoms with Gasteiger partial charge in [0.05, 0.1) is 7.11 Å².